The molecular formula is C25H24BrNO6. The van der Waals surface area contributed by atoms with Gasteiger partial charge in [-0.05, 0) is 42.5 Å². The second kappa shape index (κ2) is 11.5. The molecule has 0 fully saturated rings. The van der Waals surface area contributed by atoms with Crippen LogP contribution in [0.2, 0.25) is 0 Å². The Hall–Kier alpha value is -3.36. The molecule has 0 saturated heterocycles. The number of ether oxygens (including phenoxy) is 2. The van der Waals surface area contributed by atoms with Crippen molar-refractivity contribution >= 4 is 44.5 Å². The van der Waals surface area contributed by atoms with Gasteiger partial charge < -0.3 is 19.7 Å². The number of aliphatic carboxylic acids is 1. The minimum absolute atomic E-state index is 0.0516. The number of carboxylic acid groups (broad SMARTS) is 1. The van der Waals surface area contributed by atoms with Gasteiger partial charge in [0.15, 0.2) is 6.10 Å². The predicted molar refractivity (Wildman–Crippen MR) is 129 cm³/mol. The molecule has 3 rings (SSSR count). The Morgan fingerprint density at radius 1 is 1.12 bits per heavy atom. The maximum atomic E-state index is 12.9. The fourth-order valence-electron chi connectivity index (χ4n) is 3.52. The number of phenols is 1. The Kier molecular flexibility index (Phi) is 8.46. The number of nitrogens with one attached hydrogen (secondary N) is 1. The second-order valence-corrected chi connectivity index (χ2v) is 8.19. The van der Waals surface area contributed by atoms with Gasteiger partial charge in [-0.25, -0.2) is 9.59 Å². The summed E-state index contributed by atoms with van der Waals surface area (Å²) in [6.45, 7) is 0. The number of methoxy groups -OCH3 is 1. The first kappa shape index (κ1) is 24.3. The first-order chi connectivity index (χ1) is 15.9. The molecule has 0 aromatic heterocycles. The van der Waals surface area contributed by atoms with Crippen LogP contribution < -0.4 is 5.32 Å². The average molecular weight is 514 g/mol. The highest BCUT2D eigenvalue weighted by Crippen LogP contribution is 2.35. The Morgan fingerprint density at radius 2 is 1.88 bits per heavy atom. The van der Waals surface area contributed by atoms with Crippen molar-refractivity contribution in [3.05, 3.63) is 82.9 Å². The average Bonchev–Trinajstić information content (AvgIpc) is 2.80. The number of phenolic OH excluding ortho intramolecular Hbond substituents is 1. The van der Waals surface area contributed by atoms with Gasteiger partial charge >= 0.3 is 12.1 Å². The van der Waals surface area contributed by atoms with E-state index in [9.17, 15) is 14.7 Å². The zero-order chi connectivity index (χ0) is 23.8. The lowest BCUT2D eigenvalue weighted by atomic mass is 9.99. The van der Waals surface area contributed by atoms with Gasteiger partial charge in [0.1, 0.15) is 5.75 Å². The first-order valence-corrected chi connectivity index (χ1v) is 11.0. The summed E-state index contributed by atoms with van der Waals surface area (Å²) in [5.41, 5.74) is 0.959. The van der Waals surface area contributed by atoms with E-state index in [0.717, 1.165) is 16.8 Å². The highest BCUT2D eigenvalue weighted by atomic mass is 79.9. The fraction of sp³-hybridized carbons (Fsp3) is 0.200. The van der Waals surface area contributed by atoms with Crippen molar-refractivity contribution in [2.45, 2.75) is 25.0 Å². The molecule has 0 heterocycles. The number of fused-ring (bicyclic) bond motifs is 1. The Labute approximate surface area is 199 Å². The first-order valence-electron chi connectivity index (χ1n) is 10.2. The van der Waals surface area contributed by atoms with Crippen molar-refractivity contribution in [2.24, 2.45) is 0 Å². The monoisotopic (exact) mass is 513 g/mol. The summed E-state index contributed by atoms with van der Waals surface area (Å²) in [5.74, 6) is -1.10. The number of carbonyl (C=O) groups is 2. The molecule has 3 aromatic rings. The summed E-state index contributed by atoms with van der Waals surface area (Å²) in [4.78, 5) is 23.6. The normalized spacial score (nSPS) is 13.0. The molecule has 2 atom stereocenters. The molecule has 0 unspecified atom stereocenters. The number of carboxylic acids is 1. The summed E-state index contributed by atoms with van der Waals surface area (Å²) in [6.07, 6.45) is 0.999. The minimum atomic E-state index is -1.05. The maximum absolute atomic E-state index is 12.9. The van der Waals surface area contributed by atoms with E-state index >= 15 is 0 Å². The van der Waals surface area contributed by atoms with Crippen LogP contribution in [0.1, 0.15) is 24.5 Å². The number of halogens is 1. The minimum Gasteiger partial charge on any atom is -0.508 e. The molecule has 33 heavy (non-hydrogen) atoms. The van der Waals surface area contributed by atoms with Crippen LogP contribution in [0.25, 0.3) is 10.8 Å². The van der Waals surface area contributed by atoms with E-state index < -0.39 is 24.3 Å². The van der Waals surface area contributed by atoms with Crippen LogP contribution in [-0.4, -0.2) is 35.5 Å². The SMILES string of the molecule is CO[C@@H](CC/C=C/C(=O)O)[C@@H](OC(=O)Nc1cccc2ccccc12)c1cc(Br)ccc1O. The summed E-state index contributed by atoms with van der Waals surface area (Å²) in [7, 11) is 1.47. The molecule has 3 N–H and O–H groups in total. The van der Waals surface area contributed by atoms with Crippen molar-refractivity contribution in [1.29, 1.82) is 0 Å². The molecule has 0 bridgehead atoms. The molecule has 8 heteroatoms. The van der Waals surface area contributed by atoms with E-state index in [1.54, 1.807) is 18.2 Å². The molecular weight excluding hydrogens is 490 g/mol. The van der Waals surface area contributed by atoms with Crippen LogP contribution in [0.4, 0.5) is 10.5 Å². The highest BCUT2D eigenvalue weighted by Gasteiger charge is 2.29. The molecule has 3 aromatic carbocycles. The zero-order valence-electron chi connectivity index (χ0n) is 17.9. The lowest BCUT2D eigenvalue weighted by molar-refractivity contribution is -0.131. The van der Waals surface area contributed by atoms with Gasteiger partial charge in [-0.1, -0.05) is 58.4 Å². The Bertz CT molecular complexity index is 1160. The van der Waals surface area contributed by atoms with Crippen molar-refractivity contribution in [3.8, 4) is 5.75 Å². The van der Waals surface area contributed by atoms with Gasteiger partial charge in [0.25, 0.3) is 0 Å². The van der Waals surface area contributed by atoms with Gasteiger partial charge in [0.2, 0.25) is 0 Å². The van der Waals surface area contributed by atoms with Gasteiger partial charge in [-0.2, -0.15) is 0 Å². The number of hydrogen-bond donors (Lipinski definition) is 3. The third-order valence-electron chi connectivity index (χ3n) is 5.08. The van der Waals surface area contributed by atoms with Crippen LogP contribution >= 0.6 is 15.9 Å². The summed E-state index contributed by atoms with van der Waals surface area (Å²) in [6, 6.07) is 18.0. The molecule has 0 aliphatic rings. The number of allylic oxidation sites excluding steroid dienone is 1. The molecule has 172 valence electrons. The third kappa shape index (κ3) is 6.57. The molecule has 0 radical (unpaired) electrons. The lowest BCUT2D eigenvalue weighted by Crippen LogP contribution is -2.28. The van der Waals surface area contributed by atoms with Crippen LogP contribution in [0.3, 0.4) is 0 Å². The van der Waals surface area contributed by atoms with E-state index in [1.165, 1.54) is 19.3 Å². The number of hydrogen-bond acceptors (Lipinski definition) is 5. The smallest absolute Gasteiger partial charge is 0.412 e. The van der Waals surface area contributed by atoms with Gasteiger partial charge in [0.05, 0.1) is 11.8 Å². The van der Waals surface area contributed by atoms with Crippen molar-refractivity contribution < 1.29 is 29.3 Å². The van der Waals surface area contributed by atoms with Crippen LogP contribution in [0, 0.1) is 0 Å². The number of aromatic hydroxyl groups is 1. The van der Waals surface area contributed by atoms with E-state index in [4.69, 9.17) is 14.6 Å². The van der Waals surface area contributed by atoms with Crippen LogP contribution in [0.15, 0.2) is 77.3 Å². The summed E-state index contributed by atoms with van der Waals surface area (Å²) < 4.78 is 12.0. The molecule has 0 saturated carbocycles. The van der Waals surface area contributed by atoms with Crippen molar-refractivity contribution in [1.82, 2.24) is 0 Å². The van der Waals surface area contributed by atoms with E-state index in [2.05, 4.69) is 21.2 Å². The predicted octanol–water partition coefficient (Wildman–Crippen LogP) is 6.03. The number of rotatable bonds is 9. The molecule has 1 amide bonds. The standard InChI is InChI=1S/C25H24BrNO6/c1-32-22(11-4-5-12-23(29)30)24(19-15-17(26)13-14-21(19)28)33-25(31)27-20-10-6-8-16-7-2-3-9-18(16)20/h2-3,5-10,12-15,22,24,28H,4,11H2,1H3,(H,27,31)(H,29,30)/b12-5+/t22-,24-/m0/s1. The number of carbonyl (C=O) groups excluding carboxylic acids is 1. The van der Waals surface area contributed by atoms with Crippen molar-refractivity contribution in [3.63, 3.8) is 0 Å². The third-order valence-corrected chi connectivity index (χ3v) is 5.57. The van der Waals surface area contributed by atoms with Gasteiger partial charge in [-0.15, -0.1) is 0 Å². The number of anilines is 1. The van der Waals surface area contributed by atoms with E-state index in [0.29, 0.717) is 28.6 Å². The highest BCUT2D eigenvalue weighted by molar-refractivity contribution is 9.10. The van der Waals surface area contributed by atoms with Crippen LogP contribution in [-0.2, 0) is 14.3 Å². The van der Waals surface area contributed by atoms with E-state index in [1.807, 2.05) is 36.4 Å². The summed E-state index contributed by atoms with van der Waals surface area (Å²) >= 11 is 3.38. The maximum Gasteiger partial charge on any atom is 0.412 e. The second-order valence-electron chi connectivity index (χ2n) is 7.27. The van der Waals surface area contributed by atoms with Crippen molar-refractivity contribution in [2.75, 3.05) is 12.4 Å². The Morgan fingerprint density at radius 3 is 2.64 bits per heavy atom. The lowest BCUT2D eigenvalue weighted by Gasteiger charge is -2.27. The van der Waals surface area contributed by atoms with Gasteiger partial charge in [-0.3, -0.25) is 5.32 Å². The molecule has 7 nitrogen and oxygen atoms in total. The Balaban J connectivity index is 1.85. The molecule has 0 spiro atoms. The molecule has 0 aliphatic carbocycles. The molecule has 0 aliphatic heterocycles. The largest absolute Gasteiger partial charge is 0.508 e. The quantitative estimate of drug-likeness (QED) is 0.301. The topological polar surface area (TPSA) is 105 Å². The van der Waals surface area contributed by atoms with E-state index in [-0.39, 0.29) is 5.75 Å². The summed E-state index contributed by atoms with van der Waals surface area (Å²) in [5, 5.41) is 23.9. The fourth-order valence-corrected chi connectivity index (χ4v) is 3.90. The number of benzene rings is 3. The van der Waals surface area contributed by atoms with Crippen LogP contribution in [0.5, 0.6) is 5.75 Å². The zero-order valence-corrected chi connectivity index (χ0v) is 19.5. The van der Waals surface area contributed by atoms with Gasteiger partial charge in [0, 0.05) is 28.6 Å². The number of amides is 1.